The average Bonchev–Trinajstić information content (AvgIpc) is 2.68. The third-order valence-corrected chi connectivity index (χ3v) is 2.94. The van der Waals surface area contributed by atoms with E-state index in [0.717, 1.165) is 17.2 Å². The normalized spacial score (nSPS) is 14.0. The lowest BCUT2D eigenvalue weighted by molar-refractivity contribution is 0.882. The monoisotopic (exact) mass is 227 g/mol. The van der Waals surface area contributed by atoms with Crippen LogP contribution in [0.15, 0.2) is 36.8 Å². The van der Waals surface area contributed by atoms with Crippen molar-refractivity contribution < 1.29 is 0 Å². The number of aromatic nitrogens is 2. The van der Waals surface area contributed by atoms with Crippen molar-refractivity contribution in [2.45, 2.75) is 6.92 Å². The standard InChI is InChI=1S/C12H13N5/c1-9-4-2-3-5-10(9)16-8-17(13)11-6-14-7-15-12(11)16/h2-7H,8,13H2,1H3. The maximum absolute atomic E-state index is 5.94. The van der Waals surface area contributed by atoms with Crippen LogP contribution >= 0.6 is 0 Å². The van der Waals surface area contributed by atoms with Crippen LogP contribution in [0.25, 0.3) is 0 Å². The zero-order valence-electron chi connectivity index (χ0n) is 9.54. The SMILES string of the molecule is Cc1ccccc1N1CN(N)c2cncnc21. The second kappa shape index (κ2) is 3.71. The zero-order valence-corrected chi connectivity index (χ0v) is 9.54. The van der Waals surface area contributed by atoms with E-state index in [2.05, 4.69) is 33.9 Å². The Bertz CT molecular complexity index is 554. The summed E-state index contributed by atoms with van der Waals surface area (Å²) < 4.78 is 0. The molecule has 1 aliphatic rings. The Morgan fingerprint density at radius 2 is 2.06 bits per heavy atom. The van der Waals surface area contributed by atoms with Gasteiger partial charge in [0.25, 0.3) is 0 Å². The van der Waals surface area contributed by atoms with Crippen LogP contribution in [0.5, 0.6) is 0 Å². The van der Waals surface area contributed by atoms with Gasteiger partial charge in [-0.15, -0.1) is 0 Å². The molecule has 1 aliphatic heterocycles. The van der Waals surface area contributed by atoms with Crippen molar-refractivity contribution >= 4 is 17.2 Å². The van der Waals surface area contributed by atoms with Gasteiger partial charge < -0.3 is 4.90 Å². The second-order valence-electron chi connectivity index (χ2n) is 4.06. The van der Waals surface area contributed by atoms with Gasteiger partial charge in [0.15, 0.2) is 5.82 Å². The molecule has 0 radical (unpaired) electrons. The van der Waals surface area contributed by atoms with Gasteiger partial charge in [0.05, 0.1) is 6.20 Å². The molecule has 0 atom stereocenters. The summed E-state index contributed by atoms with van der Waals surface area (Å²) >= 11 is 0. The molecule has 1 aromatic heterocycles. The van der Waals surface area contributed by atoms with Crippen LogP contribution in [0.4, 0.5) is 17.2 Å². The Hall–Kier alpha value is -2.14. The molecule has 5 nitrogen and oxygen atoms in total. The molecule has 0 fully saturated rings. The number of nitrogens with zero attached hydrogens (tertiary/aromatic N) is 4. The summed E-state index contributed by atoms with van der Waals surface area (Å²) in [5, 5.41) is 1.65. The lowest BCUT2D eigenvalue weighted by Gasteiger charge is -2.20. The first-order valence-electron chi connectivity index (χ1n) is 5.43. The molecule has 0 spiro atoms. The van der Waals surface area contributed by atoms with Crippen molar-refractivity contribution in [2.75, 3.05) is 16.6 Å². The highest BCUT2D eigenvalue weighted by molar-refractivity contribution is 5.78. The van der Waals surface area contributed by atoms with E-state index in [0.29, 0.717) is 6.67 Å². The molecule has 3 rings (SSSR count). The minimum atomic E-state index is 0.596. The van der Waals surface area contributed by atoms with E-state index >= 15 is 0 Å². The van der Waals surface area contributed by atoms with E-state index in [9.17, 15) is 0 Å². The second-order valence-corrected chi connectivity index (χ2v) is 4.06. The average molecular weight is 227 g/mol. The molecule has 0 saturated carbocycles. The van der Waals surface area contributed by atoms with E-state index in [1.54, 1.807) is 17.5 Å². The number of para-hydroxylation sites is 1. The number of anilines is 3. The first kappa shape index (κ1) is 10.0. The van der Waals surface area contributed by atoms with Crippen molar-refractivity contribution in [1.29, 1.82) is 0 Å². The summed E-state index contributed by atoms with van der Waals surface area (Å²) in [6, 6.07) is 8.19. The van der Waals surface area contributed by atoms with Gasteiger partial charge in [-0.3, -0.25) is 5.01 Å². The Morgan fingerprint density at radius 1 is 1.24 bits per heavy atom. The summed E-state index contributed by atoms with van der Waals surface area (Å²) in [6.45, 7) is 2.67. The van der Waals surface area contributed by atoms with Crippen molar-refractivity contribution in [1.82, 2.24) is 9.97 Å². The first-order chi connectivity index (χ1) is 8.27. The molecule has 0 bridgehead atoms. The molecule has 2 N–H and O–H groups in total. The van der Waals surface area contributed by atoms with Gasteiger partial charge in [-0.25, -0.2) is 15.8 Å². The largest absolute Gasteiger partial charge is 0.305 e. The van der Waals surface area contributed by atoms with Crippen LogP contribution in [0, 0.1) is 6.92 Å². The number of fused-ring (bicyclic) bond motifs is 1. The van der Waals surface area contributed by atoms with Gasteiger partial charge >= 0.3 is 0 Å². The topological polar surface area (TPSA) is 58.3 Å². The highest BCUT2D eigenvalue weighted by atomic mass is 15.5. The fourth-order valence-electron chi connectivity index (χ4n) is 2.08. The minimum absolute atomic E-state index is 0.596. The number of hydrazine groups is 1. The number of hydrogen-bond acceptors (Lipinski definition) is 5. The van der Waals surface area contributed by atoms with Crippen LogP contribution in [0.2, 0.25) is 0 Å². The molecule has 17 heavy (non-hydrogen) atoms. The zero-order chi connectivity index (χ0) is 11.8. The lowest BCUT2D eigenvalue weighted by atomic mass is 10.2. The summed E-state index contributed by atoms with van der Waals surface area (Å²) in [6.07, 6.45) is 3.28. The van der Waals surface area contributed by atoms with E-state index in [4.69, 9.17) is 5.84 Å². The molecule has 0 amide bonds. The summed E-state index contributed by atoms with van der Waals surface area (Å²) in [7, 11) is 0. The first-order valence-corrected chi connectivity index (χ1v) is 5.43. The van der Waals surface area contributed by atoms with Crippen LogP contribution in [-0.4, -0.2) is 16.6 Å². The molecule has 0 aliphatic carbocycles. The smallest absolute Gasteiger partial charge is 0.163 e. The fraction of sp³-hybridized carbons (Fsp3) is 0.167. The molecule has 0 saturated heterocycles. The Balaban J connectivity index is 2.11. The number of rotatable bonds is 1. The van der Waals surface area contributed by atoms with Gasteiger partial charge in [-0.1, -0.05) is 18.2 Å². The quantitative estimate of drug-likeness (QED) is 0.749. The van der Waals surface area contributed by atoms with Crippen LogP contribution < -0.4 is 15.8 Å². The number of hydrogen-bond donors (Lipinski definition) is 1. The number of nitrogens with two attached hydrogens (primary N) is 1. The van der Waals surface area contributed by atoms with Crippen molar-refractivity contribution in [2.24, 2.45) is 5.84 Å². The molecule has 0 unspecified atom stereocenters. The number of benzene rings is 1. The third kappa shape index (κ3) is 1.52. The highest BCUT2D eigenvalue weighted by Gasteiger charge is 2.27. The van der Waals surface area contributed by atoms with Gasteiger partial charge in [0.2, 0.25) is 0 Å². The molecule has 2 aromatic rings. The van der Waals surface area contributed by atoms with E-state index in [1.165, 1.54) is 5.56 Å². The maximum Gasteiger partial charge on any atom is 0.163 e. The predicted molar refractivity (Wildman–Crippen MR) is 66.9 cm³/mol. The molecular formula is C12H13N5. The minimum Gasteiger partial charge on any atom is -0.305 e. The van der Waals surface area contributed by atoms with Crippen molar-refractivity contribution in [3.05, 3.63) is 42.4 Å². The van der Waals surface area contributed by atoms with Gasteiger partial charge in [-0.2, -0.15) is 0 Å². The van der Waals surface area contributed by atoms with E-state index < -0.39 is 0 Å². The van der Waals surface area contributed by atoms with Crippen molar-refractivity contribution in [3.63, 3.8) is 0 Å². The number of aryl methyl sites for hydroxylation is 1. The summed E-state index contributed by atoms with van der Waals surface area (Å²) in [5.41, 5.74) is 3.18. The molecule has 86 valence electrons. The van der Waals surface area contributed by atoms with Crippen LogP contribution in [0.3, 0.4) is 0 Å². The summed E-state index contributed by atoms with van der Waals surface area (Å²) in [5.74, 6) is 6.79. The van der Waals surface area contributed by atoms with Gasteiger partial charge in [0, 0.05) is 5.69 Å². The van der Waals surface area contributed by atoms with E-state index in [1.807, 2.05) is 12.1 Å². The Labute approximate surface area is 99.5 Å². The lowest BCUT2D eigenvalue weighted by Crippen LogP contribution is -2.33. The van der Waals surface area contributed by atoms with Crippen LogP contribution in [-0.2, 0) is 0 Å². The van der Waals surface area contributed by atoms with Crippen molar-refractivity contribution in [3.8, 4) is 0 Å². The highest BCUT2D eigenvalue weighted by Crippen LogP contribution is 2.37. The third-order valence-electron chi connectivity index (χ3n) is 2.94. The summed E-state index contributed by atoms with van der Waals surface area (Å²) in [4.78, 5) is 10.4. The maximum atomic E-state index is 5.94. The molecule has 2 heterocycles. The van der Waals surface area contributed by atoms with Crippen LogP contribution in [0.1, 0.15) is 5.56 Å². The van der Waals surface area contributed by atoms with Gasteiger partial charge in [-0.05, 0) is 18.6 Å². The van der Waals surface area contributed by atoms with E-state index in [-0.39, 0.29) is 0 Å². The molecule has 5 heteroatoms. The Kier molecular flexibility index (Phi) is 2.19. The molecular weight excluding hydrogens is 214 g/mol. The molecule has 1 aromatic carbocycles. The predicted octanol–water partition coefficient (Wildman–Crippen LogP) is 1.57. The fourth-order valence-corrected chi connectivity index (χ4v) is 2.08. The van der Waals surface area contributed by atoms with Gasteiger partial charge in [0.1, 0.15) is 18.7 Å². The Morgan fingerprint density at radius 3 is 2.88 bits per heavy atom.